The van der Waals surface area contributed by atoms with Crippen molar-refractivity contribution in [3.8, 4) is 17.1 Å². The molecule has 6 nitrogen and oxygen atoms in total. The summed E-state index contributed by atoms with van der Waals surface area (Å²) in [5, 5.41) is 5.27. The number of benzene rings is 1. The van der Waals surface area contributed by atoms with Crippen molar-refractivity contribution in [2.24, 2.45) is 7.05 Å². The van der Waals surface area contributed by atoms with Crippen molar-refractivity contribution in [2.75, 3.05) is 13.1 Å². The highest BCUT2D eigenvalue weighted by molar-refractivity contribution is 6.32. The molecule has 2 aromatic heterocycles. The van der Waals surface area contributed by atoms with Gasteiger partial charge in [-0.2, -0.15) is 5.10 Å². The van der Waals surface area contributed by atoms with E-state index in [0.29, 0.717) is 29.5 Å². The van der Waals surface area contributed by atoms with Crippen LogP contribution in [0.2, 0.25) is 5.02 Å². The zero-order chi connectivity index (χ0) is 19.8. The summed E-state index contributed by atoms with van der Waals surface area (Å²) in [5.41, 5.74) is 2.83. The predicted molar refractivity (Wildman–Crippen MR) is 109 cm³/mol. The van der Waals surface area contributed by atoms with Crippen molar-refractivity contribution < 1.29 is 9.53 Å². The van der Waals surface area contributed by atoms with Crippen LogP contribution in [0.4, 0.5) is 0 Å². The second-order valence-corrected chi connectivity index (χ2v) is 7.66. The molecule has 1 amide bonds. The molecule has 28 heavy (non-hydrogen) atoms. The lowest BCUT2D eigenvalue weighted by molar-refractivity contribution is -0.0588. The Hall–Kier alpha value is -2.57. The normalized spacial score (nSPS) is 19.8. The van der Waals surface area contributed by atoms with E-state index in [1.54, 1.807) is 10.7 Å². The number of morpholine rings is 1. The van der Waals surface area contributed by atoms with Gasteiger partial charge in [-0.15, -0.1) is 0 Å². The predicted octanol–water partition coefficient (Wildman–Crippen LogP) is 3.78. The SMILES string of the molecule is CC1CN(C(=O)c2cc(-c3cccn3C)nn2-c2ccccc2Cl)CC(C)O1. The highest BCUT2D eigenvalue weighted by atomic mass is 35.5. The van der Waals surface area contributed by atoms with E-state index in [2.05, 4.69) is 0 Å². The Labute approximate surface area is 169 Å². The number of carbonyl (C=O) groups excluding carboxylic acids is 1. The average molecular weight is 399 g/mol. The topological polar surface area (TPSA) is 52.3 Å². The van der Waals surface area contributed by atoms with Gasteiger partial charge in [0, 0.05) is 26.3 Å². The summed E-state index contributed by atoms with van der Waals surface area (Å²) in [6.45, 7) is 5.07. The van der Waals surface area contributed by atoms with Crippen LogP contribution in [0.15, 0.2) is 48.7 Å². The lowest BCUT2D eigenvalue weighted by Gasteiger charge is -2.35. The minimum absolute atomic E-state index is 0.00303. The Balaban J connectivity index is 1.81. The van der Waals surface area contributed by atoms with Gasteiger partial charge in [-0.1, -0.05) is 23.7 Å². The molecule has 0 N–H and O–H groups in total. The van der Waals surface area contributed by atoms with Crippen LogP contribution < -0.4 is 0 Å². The molecule has 0 spiro atoms. The van der Waals surface area contributed by atoms with Gasteiger partial charge < -0.3 is 14.2 Å². The highest BCUT2D eigenvalue weighted by Crippen LogP contribution is 2.27. The van der Waals surface area contributed by atoms with Crippen molar-refractivity contribution in [1.29, 1.82) is 0 Å². The van der Waals surface area contributed by atoms with E-state index in [9.17, 15) is 4.79 Å². The molecule has 3 aromatic rings. The van der Waals surface area contributed by atoms with Crippen LogP contribution in [0, 0.1) is 0 Å². The van der Waals surface area contributed by atoms with Gasteiger partial charge in [-0.25, -0.2) is 4.68 Å². The molecule has 2 unspecified atom stereocenters. The minimum Gasteiger partial charge on any atom is -0.372 e. The fourth-order valence-corrected chi connectivity index (χ4v) is 3.91. The molecule has 1 fully saturated rings. The Bertz CT molecular complexity index is 1000. The third kappa shape index (κ3) is 3.45. The van der Waals surface area contributed by atoms with Crippen molar-refractivity contribution in [3.63, 3.8) is 0 Å². The standard InChI is InChI=1S/C21H23ClN4O2/c1-14-12-25(13-15(2)28-14)21(27)20-11-17(19-9-6-10-24(19)3)23-26(20)18-8-5-4-7-16(18)22/h4-11,14-15H,12-13H2,1-3H3. The van der Waals surface area contributed by atoms with E-state index in [4.69, 9.17) is 21.4 Å². The zero-order valence-electron chi connectivity index (χ0n) is 16.2. The second kappa shape index (κ2) is 7.45. The first-order valence-electron chi connectivity index (χ1n) is 9.35. The fourth-order valence-electron chi connectivity index (χ4n) is 3.70. The number of hydrogen-bond acceptors (Lipinski definition) is 3. The van der Waals surface area contributed by atoms with Crippen molar-refractivity contribution in [3.05, 3.63) is 59.4 Å². The first-order chi connectivity index (χ1) is 13.4. The molecule has 0 radical (unpaired) electrons. The van der Waals surface area contributed by atoms with Crippen LogP contribution in [-0.4, -0.2) is 50.5 Å². The number of rotatable bonds is 3. The Morgan fingerprint density at radius 3 is 2.50 bits per heavy atom. The molecule has 1 saturated heterocycles. The summed E-state index contributed by atoms with van der Waals surface area (Å²) in [6, 6.07) is 13.2. The molecular weight excluding hydrogens is 376 g/mol. The summed E-state index contributed by atoms with van der Waals surface area (Å²) in [4.78, 5) is 15.3. The van der Waals surface area contributed by atoms with Gasteiger partial charge in [0.25, 0.3) is 5.91 Å². The Morgan fingerprint density at radius 2 is 1.86 bits per heavy atom. The number of carbonyl (C=O) groups is 1. The van der Waals surface area contributed by atoms with Gasteiger partial charge in [0.15, 0.2) is 0 Å². The third-order valence-electron chi connectivity index (χ3n) is 4.92. The number of nitrogens with zero attached hydrogens (tertiary/aromatic N) is 4. The van der Waals surface area contributed by atoms with Gasteiger partial charge in [0.05, 0.1) is 28.6 Å². The second-order valence-electron chi connectivity index (χ2n) is 7.25. The molecule has 2 atom stereocenters. The molecular formula is C21H23ClN4O2. The number of aryl methyl sites for hydroxylation is 1. The Morgan fingerprint density at radius 1 is 1.14 bits per heavy atom. The van der Waals surface area contributed by atoms with Gasteiger partial charge in [0.2, 0.25) is 0 Å². The van der Waals surface area contributed by atoms with E-state index in [1.807, 2.05) is 73.0 Å². The largest absolute Gasteiger partial charge is 0.372 e. The molecule has 0 aliphatic carbocycles. The lowest BCUT2D eigenvalue weighted by Crippen LogP contribution is -2.48. The van der Waals surface area contributed by atoms with Crippen LogP contribution in [0.5, 0.6) is 0 Å². The zero-order valence-corrected chi connectivity index (χ0v) is 16.9. The quantitative estimate of drug-likeness (QED) is 0.674. The van der Waals surface area contributed by atoms with Crippen LogP contribution in [-0.2, 0) is 11.8 Å². The first kappa shape index (κ1) is 18.8. The van der Waals surface area contributed by atoms with Crippen molar-refractivity contribution in [1.82, 2.24) is 19.2 Å². The van der Waals surface area contributed by atoms with Gasteiger partial charge >= 0.3 is 0 Å². The monoisotopic (exact) mass is 398 g/mol. The third-order valence-corrected chi connectivity index (χ3v) is 5.24. The molecule has 4 rings (SSSR count). The van der Waals surface area contributed by atoms with E-state index in [1.165, 1.54) is 0 Å². The number of aromatic nitrogens is 3. The lowest BCUT2D eigenvalue weighted by atomic mass is 10.2. The molecule has 0 bridgehead atoms. The number of halogens is 1. The van der Waals surface area contributed by atoms with Crippen LogP contribution >= 0.6 is 11.6 Å². The maximum absolute atomic E-state index is 13.4. The molecule has 3 heterocycles. The summed E-state index contributed by atoms with van der Waals surface area (Å²) in [7, 11) is 1.96. The van der Waals surface area contributed by atoms with E-state index in [-0.39, 0.29) is 18.1 Å². The van der Waals surface area contributed by atoms with Crippen LogP contribution in [0.3, 0.4) is 0 Å². The maximum Gasteiger partial charge on any atom is 0.272 e. The van der Waals surface area contributed by atoms with Gasteiger partial charge in [-0.3, -0.25) is 4.79 Å². The molecule has 1 aliphatic heterocycles. The van der Waals surface area contributed by atoms with Crippen molar-refractivity contribution in [2.45, 2.75) is 26.1 Å². The molecule has 7 heteroatoms. The number of para-hydroxylation sites is 1. The number of amides is 1. The van der Waals surface area contributed by atoms with E-state index in [0.717, 1.165) is 11.4 Å². The fraction of sp³-hybridized carbons (Fsp3) is 0.333. The van der Waals surface area contributed by atoms with Crippen LogP contribution in [0.1, 0.15) is 24.3 Å². The Kier molecular flexibility index (Phi) is 5.00. The smallest absolute Gasteiger partial charge is 0.272 e. The first-order valence-corrected chi connectivity index (χ1v) is 9.73. The van der Waals surface area contributed by atoms with E-state index >= 15 is 0 Å². The molecule has 1 aromatic carbocycles. The summed E-state index contributed by atoms with van der Waals surface area (Å²) < 4.78 is 9.40. The molecule has 0 saturated carbocycles. The average Bonchev–Trinajstić information content (AvgIpc) is 3.27. The number of ether oxygens (including phenoxy) is 1. The summed E-state index contributed by atoms with van der Waals surface area (Å²) in [5.74, 6) is -0.0742. The minimum atomic E-state index is -0.0742. The summed E-state index contributed by atoms with van der Waals surface area (Å²) in [6.07, 6.45) is 1.95. The van der Waals surface area contributed by atoms with Crippen LogP contribution in [0.25, 0.3) is 17.1 Å². The number of hydrogen-bond donors (Lipinski definition) is 0. The van der Waals surface area contributed by atoms with Gasteiger partial charge in [0.1, 0.15) is 11.4 Å². The summed E-state index contributed by atoms with van der Waals surface area (Å²) >= 11 is 6.42. The van der Waals surface area contributed by atoms with Gasteiger partial charge in [-0.05, 0) is 44.2 Å². The maximum atomic E-state index is 13.4. The highest BCUT2D eigenvalue weighted by Gasteiger charge is 2.30. The van der Waals surface area contributed by atoms with Crippen molar-refractivity contribution >= 4 is 17.5 Å². The molecule has 1 aliphatic rings. The van der Waals surface area contributed by atoms with E-state index < -0.39 is 0 Å². The molecule has 146 valence electrons.